The van der Waals surface area contributed by atoms with Crippen LogP contribution in [0.5, 0.6) is 11.5 Å². The molecule has 0 amide bonds. The van der Waals surface area contributed by atoms with Crippen LogP contribution in [-0.2, 0) is 11.2 Å². The van der Waals surface area contributed by atoms with E-state index in [9.17, 15) is 9.90 Å². The molecule has 184 valence electrons. The summed E-state index contributed by atoms with van der Waals surface area (Å²) in [5, 5.41) is 12.8. The highest BCUT2D eigenvalue weighted by molar-refractivity contribution is 5.82. The number of carbonyl (C=O) groups excluding carboxylic acids is 1. The van der Waals surface area contributed by atoms with Crippen molar-refractivity contribution >= 4 is 5.78 Å². The number of ether oxygens (including phenoxy) is 2. The number of hydrogen-bond acceptors (Lipinski definition) is 6. The lowest BCUT2D eigenvalue weighted by Crippen LogP contribution is -2.42. The topological polar surface area (TPSA) is 71.0 Å². The Morgan fingerprint density at radius 2 is 1.91 bits per heavy atom. The molecule has 2 aliphatic rings. The summed E-state index contributed by atoms with van der Waals surface area (Å²) < 4.78 is 11.9. The highest BCUT2D eigenvalue weighted by Gasteiger charge is 2.47. The molecule has 2 aromatic carbocycles. The Bertz CT molecular complexity index is 958. The summed E-state index contributed by atoms with van der Waals surface area (Å²) in [6.45, 7) is 5.61. The number of nitrogens with zero attached hydrogens (tertiary/aromatic N) is 1. The first-order valence-electron chi connectivity index (χ1n) is 12.5. The van der Waals surface area contributed by atoms with Gasteiger partial charge in [-0.05, 0) is 55.9 Å². The fourth-order valence-corrected chi connectivity index (χ4v) is 5.32. The van der Waals surface area contributed by atoms with Crippen molar-refractivity contribution in [3.8, 4) is 11.5 Å². The van der Waals surface area contributed by atoms with Gasteiger partial charge in [0.25, 0.3) is 0 Å². The van der Waals surface area contributed by atoms with Crippen LogP contribution in [0.1, 0.15) is 56.6 Å². The smallest absolute Gasteiger partial charge is 0.161 e. The lowest BCUT2D eigenvalue weighted by Gasteiger charge is -2.34. The average molecular weight is 467 g/mol. The molecule has 34 heavy (non-hydrogen) atoms. The quantitative estimate of drug-likeness (QED) is 0.549. The minimum atomic E-state index is -0.509. The van der Waals surface area contributed by atoms with Crippen LogP contribution in [0.4, 0.5) is 0 Å². The number of methoxy groups -OCH3 is 1. The summed E-state index contributed by atoms with van der Waals surface area (Å²) in [5.41, 5.74) is 5.10. The van der Waals surface area contributed by atoms with Crippen LogP contribution in [0, 0.1) is 5.41 Å². The molecule has 2 fully saturated rings. The van der Waals surface area contributed by atoms with E-state index < -0.39 is 6.10 Å². The Morgan fingerprint density at radius 3 is 2.59 bits per heavy atom. The van der Waals surface area contributed by atoms with Crippen molar-refractivity contribution in [1.29, 1.82) is 0 Å². The van der Waals surface area contributed by atoms with Gasteiger partial charge in [0, 0.05) is 30.8 Å². The van der Waals surface area contributed by atoms with Crippen molar-refractivity contribution in [2.45, 2.75) is 64.1 Å². The zero-order valence-electron chi connectivity index (χ0n) is 20.6. The summed E-state index contributed by atoms with van der Waals surface area (Å²) in [7, 11) is 1.67. The molecule has 0 spiro atoms. The van der Waals surface area contributed by atoms with E-state index in [1.807, 2.05) is 43.3 Å². The molecule has 6 heteroatoms. The van der Waals surface area contributed by atoms with Crippen molar-refractivity contribution in [2.24, 2.45) is 5.41 Å². The number of hydrazine groups is 1. The molecule has 1 saturated heterocycles. The lowest BCUT2D eigenvalue weighted by molar-refractivity contribution is -0.118. The molecule has 1 saturated carbocycles. The van der Waals surface area contributed by atoms with E-state index in [0.29, 0.717) is 19.5 Å². The summed E-state index contributed by atoms with van der Waals surface area (Å²) in [6.07, 6.45) is 4.72. The number of ketones is 1. The van der Waals surface area contributed by atoms with E-state index in [4.69, 9.17) is 9.47 Å². The molecule has 4 rings (SSSR count). The van der Waals surface area contributed by atoms with Gasteiger partial charge in [0.05, 0.1) is 25.9 Å². The highest BCUT2D eigenvalue weighted by atomic mass is 16.5. The van der Waals surface area contributed by atoms with E-state index >= 15 is 0 Å². The molecule has 0 aromatic heterocycles. The second-order valence-corrected chi connectivity index (χ2v) is 10.1. The van der Waals surface area contributed by atoms with Gasteiger partial charge in [0.15, 0.2) is 17.3 Å². The molecule has 3 atom stereocenters. The number of benzene rings is 2. The van der Waals surface area contributed by atoms with Gasteiger partial charge >= 0.3 is 0 Å². The van der Waals surface area contributed by atoms with Gasteiger partial charge in [-0.2, -0.15) is 0 Å². The van der Waals surface area contributed by atoms with Crippen LogP contribution < -0.4 is 14.9 Å². The van der Waals surface area contributed by atoms with Crippen LogP contribution in [0.3, 0.4) is 0 Å². The molecular formula is C28H38N2O4. The number of aliphatic hydroxyl groups is 1. The molecule has 1 heterocycles. The first kappa shape index (κ1) is 24.7. The molecule has 1 aliphatic carbocycles. The third-order valence-electron chi connectivity index (χ3n) is 7.61. The maximum atomic E-state index is 12.5. The fourth-order valence-electron chi connectivity index (χ4n) is 5.32. The molecule has 2 aromatic rings. The van der Waals surface area contributed by atoms with Crippen molar-refractivity contribution in [3.63, 3.8) is 0 Å². The van der Waals surface area contributed by atoms with Crippen molar-refractivity contribution < 1.29 is 19.4 Å². The zero-order valence-corrected chi connectivity index (χ0v) is 20.6. The van der Waals surface area contributed by atoms with E-state index in [0.717, 1.165) is 35.5 Å². The Balaban J connectivity index is 1.46. The molecule has 0 unspecified atom stereocenters. The molecule has 0 radical (unpaired) electrons. The number of aliphatic hydroxyl groups excluding tert-OH is 1. The third kappa shape index (κ3) is 5.62. The number of hydrogen-bond donors (Lipinski definition) is 2. The second-order valence-electron chi connectivity index (χ2n) is 10.1. The zero-order chi connectivity index (χ0) is 24.1. The summed E-state index contributed by atoms with van der Waals surface area (Å²) >= 11 is 0. The van der Waals surface area contributed by atoms with Gasteiger partial charge in [-0.15, -0.1) is 0 Å². The van der Waals surface area contributed by atoms with Crippen LogP contribution in [0.2, 0.25) is 0 Å². The Kier molecular flexibility index (Phi) is 7.91. The molecule has 6 nitrogen and oxygen atoms in total. The van der Waals surface area contributed by atoms with Crippen LogP contribution in [0.15, 0.2) is 48.5 Å². The minimum Gasteiger partial charge on any atom is -0.493 e. The van der Waals surface area contributed by atoms with Gasteiger partial charge in [0.2, 0.25) is 0 Å². The van der Waals surface area contributed by atoms with Crippen LogP contribution in [-0.4, -0.2) is 54.9 Å². The maximum Gasteiger partial charge on any atom is 0.161 e. The summed E-state index contributed by atoms with van der Waals surface area (Å²) in [5.74, 6) is 1.75. The lowest BCUT2D eigenvalue weighted by atomic mass is 9.72. The van der Waals surface area contributed by atoms with Gasteiger partial charge in [-0.25, -0.2) is 10.4 Å². The third-order valence-corrected chi connectivity index (χ3v) is 7.61. The van der Waals surface area contributed by atoms with Crippen molar-refractivity contribution in [3.05, 3.63) is 59.7 Å². The Labute approximate surface area is 203 Å². The van der Waals surface area contributed by atoms with E-state index in [1.54, 1.807) is 7.11 Å². The monoisotopic (exact) mass is 466 g/mol. The average Bonchev–Trinajstić information content (AvgIpc) is 3.46. The first-order chi connectivity index (χ1) is 16.4. The number of nitrogens with one attached hydrogen (secondary N) is 1. The summed E-state index contributed by atoms with van der Waals surface area (Å²) in [4.78, 5) is 12.5. The van der Waals surface area contributed by atoms with Crippen LogP contribution >= 0.6 is 0 Å². The fraction of sp³-hybridized carbons (Fsp3) is 0.536. The van der Waals surface area contributed by atoms with Gasteiger partial charge in [0.1, 0.15) is 0 Å². The van der Waals surface area contributed by atoms with Gasteiger partial charge in [-0.3, -0.25) is 4.79 Å². The van der Waals surface area contributed by atoms with Gasteiger partial charge < -0.3 is 14.6 Å². The second kappa shape index (κ2) is 10.9. The number of carbonyl (C=O) groups is 1. The standard InChI is InChI=1S/C28H38N2O4/c1-20(31)28(2)19-30(29-17-23(32)15-21-9-5-4-6-10-21)18-25(28)22-13-14-26(33-3)27(16-22)34-24-11-7-8-12-24/h4-6,9-10,13-14,16,20,24-25,29,31H,7-8,11-12,15,17-19H2,1-3H3/t20-,25+,28+/m1/s1. The van der Waals surface area contributed by atoms with E-state index in [2.05, 4.69) is 29.5 Å². The Hall–Kier alpha value is -2.41. The molecule has 2 N–H and O–H groups in total. The summed E-state index contributed by atoms with van der Waals surface area (Å²) in [6, 6.07) is 16.0. The number of rotatable bonds is 10. The maximum absolute atomic E-state index is 12.5. The molecule has 0 bridgehead atoms. The minimum absolute atomic E-state index is 0.0843. The predicted octanol–water partition coefficient (Wildman–Crippen LogP) is 4.12. The van der Waals surface area contributed by atoms with E-state index in [-0.39, 0.29) is 29.8 Å². The predicted molar refractivity (Wildman–Crippen MR) is 133 cm³/mol. The molecule has 1 aliphatic heterocycles. The van der Waals surface area contributed by atoms with Gasteiger partial charge in [-0.1, -0.05) is 43.3 Å². The van der Waals surface area contributed by atoms with Crippen molar-refractivity contribution in [2.75, 3.05) is 26.7 Å². The highest BCUT2D eigenvalue weighted by Crippen LogP contribution is 2.46. The first-order valence-corrected chi connectivity index (χ1v) is 12.5. The number of Topliss-reactive ketones (excluding diaryl/α,β-unsaturated/α-hetero) is 1. The van der Waals surface area contributed by atoms with Crippen molar-refractivity contribution in [1.82, 2.24) is 10.4 Å². The van der Waals surface area contributed by atoms with Crippen LogP contribution in [0.25, 0.3) is 0 Å². The SMILES string of the molecule is COc1ccc([C@@H]2CN(NCC(=O)Cc3ccccc3)C[C@@]2(C)[C@@H](C)O)cc1OC1CCCC1. The van der Waals surface area contributed by atoms with E-state index in [1.165, 1.54) is 12.8 Å². The largest absolute Gasteiger partial charge is 0.493 e. The normalized spacial score (nSPS) is 24.3. The molecular weight excluding hydrogens is 428 g/mol. The Morgan fingerprint density at radius 1 is 1.18 bits per heavy atom.